The summed E-state index contributed by atoms with van der Waals surface area (Å²) >= 11 is 0. The number of ether oxygens (including phenoxy) is 1. The second-order valence-corrected chi connectivity index (χ2v) is 11.8. The van der Waals surface area contributed by atoms with E-state index >= 15 is 0 Å². The Balaban J connectivity index is 1.26. The second kappa shape index (κ2) is 11.7. The van der Waals surface area contributed by atoms with Crippen molar-refractivity contribution < 1.29 is 26.4 Å². The molecule has 4 aromatic heterocycles. The van der Waals surface area contributed by atoms with Crippen molar-refractivity contribution in [2.45, 2.75) is 11.3 Å². The van der Waals surface area contributed by atoms with Crippen molar-refractivity contribution in [3.05, 3.63) is 72.5 Å². The number of piperazine rings is 1. The van der Waals surface area contributed by atoms with Crippen LogP contribution in [0, 0.1) is 11.6 Å². The summed E-state index contributed by atoms with van der Waals surface area (Å²) in [6, 6.07) is 7.29. The molecule has 1 aliphatic rings. The van der Waals surface area contributed by atoms with Crippen LogP contribution in [0.25, 0.3) is 28.4 Å². The molecule has 1 N–H and O–H groups in total. The molecule has 0 unspecified atom stereocenters. The number of hydrogen-bond acceptors (Lipinski definition) is 10. The van der Waals surface area contributed by atoms with Crippen molar-refractivity contribution in [3.63, 3.8) is 0 Å². The predicted octanol–water partition coefficient (Wildman–Crippen LogP) is 3.32. The molecule has 1 aromatic carbocycles. The van der Waals surface area contributed by atoms with Crippen molar-refractivity contribution in [2.75, 3.05) is 51.6 Å². The topological polar surface area (TPSA) is 131 Å². The van der Waals surface area contributed by atoms with Crippen LogP contribution in [0.2, 0.25) is 0 Å². The molecular weight excluding hydrogens is 582 g/mol. The van der Waals surface area contributed by atoms with Crippen LogP contribution >= 0.6 is 0 Å². The molecule has 0 amide bonds. The third-order valence-electron chi connectivity index (χ3n) is 7.23. The minimum atomic E-state index is -4.43. The van der Waals surface area contributed by atoms with E-state index in [2.05, 4.69) is 41.7 Å². The molecule has 12 nitrogen and oxygen atoms in total. The lowest BCUT2D eigenvalue weighted by molar-refractivity contribution is 0.153. The van der Waals surface area contributed by atoms with E-state index in [0.717, 1.165) is 44.9 Å². The molecular formula is C28H28F2N8O4S. The molecule has 43 heavy (non-hydrogen) atoms. The van der Waals surface area contributed by atoms with Crippen LogP contribution in [0.15, 0.2) is 64.3 Å². The number of likely N-dealkylation sites (N-methyl/N-ethyl adjacent to an activating group) is 1. The molecule has 0 bridgehead atoms. The Labute approximate surface area is 246 Å². The number of anilines is 1. The molecule has 5 aromatic rings. The highest BCUT2D eigenvalue weighted by Gasteiger charge is 2.23. The summed E-state index contributed by atoms with van der Waals surface area (Å²) in [7, 11) is -0.990. The minimum Gasteiger partial charge on any atom is -0.480 e. The third-order valence-corrected chi connectivity index (χ3v) is 8.63. The molecule has 0 aliphatic carbocycles. The Morgan fingerprint density at radius 1 is 1.00 bits per heavy atom. The van der Waals surface area contributed by atoms with Gasteiger partial charge in [0.15, 0.2) is 0 Å². The van der Waals surface area contributed by atoms with Gasteiger partial charge in [-0.05, 0) is 37.4 Å². The third kappa shape index (κ3) is 6.04. The van der Waals surface area contributed by atoms with E-state index < -0.39 is 26.6 Å². The summed E-state index contributed by atoms with van der Waals surface area (Å²) in [5.74, 6) is -1.30. The number of aromatic nitrogens is 5. The van der Waals surface area contributed by atoms with E-state index in [1.165, 1.54) is 19.4 Å². The Hall–Kier alpha value is -4.47. The van der Waals surface area contributed by atoms with Gasteiger partial charge in [-0.2, -0.15) is 0 Å². The lowest BCUT2D eigenvalue weighted by Crippen LogP contribution is -2.45. The molecule has 0 saturated carbocycles. The van der Waals surface area contributed by atoms with Crippen LogP contribution in [0.3, 0.4) is 0 Å². The first-order valence-corrected chi connectivity index (χ1v) is 14.9. The van der Waals surface area contributed by atoms with E-state index in [9.17, 15) is 17.2 Å². The second-order valence-electron chi connectivity index (χ2n) is 10.1. The minimum absolute atomic E-state index is 0.0310. The first-order valence-electron chi connectivity index (χ1n) is 13.4. The first kappa shape index (κ1) is 28.6. The Morgan fingerprint density at radius 3 is 2.58 bits per heavy atom. The number of sulfonamides is 1. The summed E-state index contributed by atoms with van der Waals surface area (Å²) in [4.78, 5) is 12.6. The molecule has 15 heteroatoms. The normalized spacial score (nSPS) is 14.8. The SMILES string of the molecule is COc1ncc(-c2ccc3ncc(-c4nnc(CCN5CCN(C)CC5)o4)n3c2)cc1NS(=O)(=O)c1ccc(F)cc1F. The number of nitrogens with zero attached hydrogens (tertiary/aromatic N) is 7. The van der Waals surface area contributed by atoms with Crippen LogP contribution in [-0.4, -0.2) is 89.7 Å². The highest BCUT2D eigenvalue weighted by Crippen LogP contribution is 2.31. The van der Waals surface area contributed by atoms with Crippen LogP contribution in [-0.2, 0) is 16.4 Å². The van der Waals surface area contributed by atoms with Gasteiger partial charge in [0.05, 0.1) is 13.3 Å². The average Bonchev–Trinajstić information content (AvgIpc) is 3.63. The van der Waals surface area contributed by atoms with E-state index in [1.54, 1.807) is 28.9 Å². The summed E-state index contributed by atoms with van der Waals surface area (Å²) in [6.07, 6.45) is 5.57. The molecule has 1 aliphatic heterocycles. The fourth-order valence-electron chi connectivity index (χ4n) is 4.83. The quantitative estimate of drug-likeness (QED) is 0.265. The van der Waals surface area contributed by atoms with Crippen LogP contribution in [0.5, 0.6) is 5.88 Å². The summed E-state index contributed by atoms with van der Waals surface area (Å²) in [5, 5.41) is 8.47. The number of methoxy groups -OCH3 is 1. The molecule has 1 fully saturated rings. The zero-order chi connectivity index (χ0) is 30.1. The molecule has 0 spiro atoms. The number of imidazole rings is 1. The number of benzene rings is 1. The largest absolute Gasteiger partial charge is 0.480 e. The van der Waals surface area contributed by atoms with Gasteiger partial charge in [0, 0.05) is 68.7 Å². The van der Waals surface area contributed by atoms with E-state index in [4.69, 9.17) is 9.15 Å². The van der Waals surface area contributed by atoms with Crippen molar-refractivity contribution in [1.82, 2.24) is 34.4 Å². The zero-order valence-electron chi connectivity index (χ0n) is 23.4. The van der Waals surface area contributed by atoms with Crippen LogP contribution in [0.1, 0.15) is 5.89 Å². The number of pyridine rings is 2. The number of rotatable bonds is 9. The summed E-state index contributed by atoms with van der Waals surface area (Å²) < 4.78 is 68.8. The molecule has 0 radical (unpaired) electrons. The Morgan fingerprint density at radius 2 is 1.81 bits per heavy atom. The van der Waals surface area contributed by atoms with Gasteiger partial charge in [0.2, 0.25) is 11.8 Å². The molecule has 0 atom stereocenters. The molecule has 1 saturated heterocycles. The maximum atomic E-state index is 14.3. The average molecular weight is 611 g/mol. The van der Waals surface area contributed by atoms with Gasteiger partial charge in [-0.3, -0.25) is 9.12 Å². The zero-order valence-corrected chi connectivity index (χ0v) is 24.2. The maximum absolute atomic E-state index is 14.3. The molecule has 224 valence electrons. The van der Waals surface area contributed by atoms with E-state index in [0.29, 0.717) is 46.7 Å². The van der Waals surface area contributed by atoms with Crippen LogP contribution in [0.4, 0.5) is 14.5 Å². The van der Waals surface area contributed by atoms with Crippen molar-refractivity contribution in [3.8, 4) is 28.6 Å². The van der Waals surface area contributed by atoms with Gasteiger partial charge >= 0.3 is 0 Å². The first-order chi connectivity index (χ1) is 20.7. The lowest BCUT2D eigenvalue weighted by Gasteiger charge is -2.31. The van der Waals surface area contributed by atoms with Gasteiger partial charge < -0.3 is 19.0 Å². The van der Waals surface area contributed by atoms with E-state index in [1.807, 2.05) is 0 Å². The van der Waals surface area contributed by atoms with E-state index in [-0.39, 0.29) is 11.6 Å². The van der Waals surface area contributed by atoms with Crippen molar-refractivity contribution >= 4 is 21.4 Å². The number of hydrogen-bond donors (Lipinski definition) is 1. The number of halogens is 2. The summed E-state index contributed by atoms with van der Waals surface area (Å²) in [6.45, 7) is 4.89. The van der Waals surface area contributed by atoms with Gasteiger partial charge in [0.1, 0.15) is 33.6 Å². The van der Waals surface area contributed by atoms with Gasteiger partial charge in [-0.1, -0.05) is 0 Å². The predicted molar refractivity (Wildman–Crippen MR) is 153 cm³/mol. The van der Waals surface area contributed by atoms with Gasteiger partial charge in [0.25, 0.3) is 15.9 Å². The number of nitrogens with one attached hydrogen (secondary N) is 1. The fourth-order valence-corrected chi connectivity index (χ4v) is 5.94. The maximum Gasteiger partial charge on any atom is 0.266 e. The fraction of sp³-hybridized carbons (Fsp3) is 0.286. The highest BCUT2D eigenvalue weighted by atomic mass is 32.2. The molecule has 6 rings (SSSR count). The monoisotopic (exact) mass is 610 g/mol. The highest BCUT2D eigenvalue weighted by molar-refractivity contribution is 7.92. The molecule has 5 heterocycles. The summed E-state index contributed by atoms with van der Waals surface area (Å²) in [5.41, 5.74) is 2.37. The number of fused-ring (bicyclic) bond motifs is 1. The van der Waals surface area contributed by atoms with Gasteiger partial charge in [-0.25, -0.2) is 27.2 Å². The lowest BCUT2D eigenvalue weighted by atomic mass is 10.1. The Kier molecular flexibility index (Phi) is 7.77. The van der Waals surface area contributed by atoms with Crippen molar-refractivity contribution in [2.24, 2.45) is 0 Å². The smallest absolute Gasteiger partial charge is 0.266 e. The Bertz CT molecular complexity index is 1890. The van der Waals surface area contributed by atoms with Crippen molar-refractivity contribution in [1.29, 1.82) is 0 Å². The van der Waals surface area contributed by atoms with Gasteiger partial charge in [-0.15, -0.1) is 10.2 Å². The standard InChI is InChI=1S/C28H28F2N8O4S/c1-36-9-11-37(12-10-36)8-7-26-33-34-28(42-26)23-16-31-25-6-3-18(17-38(23)25)19-13-22(27(41-2)32-15-19)35-43(39,40)24-5-4-20(29)14-21(24)30/h3-6,13-17,35H,7-12H2,1-2H3. The van der Waals surface area contributed by atoms with Crippen LogP contribution < -0.4 is 9.46 Å².